The highest BCUT2D eigenvalue weighted by atomic mass is 16.4. The number of aromatic amines is 1. The summed E-state index contributed by atoms with van der Waals surface area (Å²) in [5.74, 6) is -1.16. The topological polar surface area (TPSA) is 118 Å². The van der Waals surface area contributed by atoms with Crippen LogP contribution in [0, 0.1) is 0 Å². The van der Waals surface area contributed by atoms with Gasteiger partial charge in [0.25, 0.3) is 0 Å². The lowest BCUT2D eigenvalue weighted by atomic mass is 10.5. The Labute approximate surface area is 71.6 Å². The van der Waals surface area contributed by atoms with Crippen molar-refractivity contribution >= 4 is 23.0 Å². The lowest BCUT2D eigenvalue weighted by Gasteiger charge is -1.89. The summed E-state index contributed by atoms with van der Waals surface area (Å²) in [5, 5.41) is 8.59. The van der Waals surface area contributed by atoms with Gasteiger partial charge in [-0.1, -0.05) is 0 Å². The molecule has 0 aliphatic rings. The maximum Gasteiger partial charge on any atom is 0.371 e. The molecule has 0 aliphatic heterocycles. The first-order chi connectivity index (χ1) is 6.18. The number of hydrogen-bond acceptors (Lipinski definition) is 5. The summed E-state index contributed by atoms with van der Waals surface area (Å²) in [6.45, 7) is 0. The Kier molecular flexibility index (Phi) is 1.38. The molecule has 0 amide bonds. The number of carboxylic acid groups (broad SMARTS) is 1. The molecule has 0 spiro atoms. The molecule has 2 rings (SSSR count). The Bertz CT molecular complexity index is 477. The van der Waals surface area contributed by atoms with Gasteiger partial charge in [0, 0.05) is 0 Å². The van der Waals surface area contributed by atoms with Crippen molar-refractivity contribution in [2.75, 3.05) is 5.73 Å². The fraction of sp³-hybridized carbons (Fsp3) is 0. The van der Waals surface area contributed by atoms with Crippen molar-refractivity contribution in [2.24, 2.45) is 0 Å². The number of carbonyl (C=O) groups is 1. The highest BCUT2D eigenvalue weighted by Gasteiger charge is 2.11. The third-order valence-electron chi connectivity index (χ3n) is 1.52. The third kappa shape index (κ3) is 1.06. The monoisotopic (exact) mass is 179 g/mol. The highest BCUT2D eigenvalue weighted by Crippen LogP contribution is 2.12. The van der Waals surface area contributed by atoms with E-state index < -0.39 is 5.97 Å². The van der Waals surface area contributed by atoms with Crippen molar-refractivity contribution < 1.29 is 9.90 Å². The predicted octanol–water partition coefficient (Wildman–Crippen LogP) is -0.367. The van der Waals surface area contributed by atoms with Gasteiger partial charge in [0.15, 0.2) is 11.5 Å². The molecular weight excluding hydrogens is 174 g/mol. The number of nitrogen functional groups attached to an aromatic ring is 1. The summed E-state index contributed by atoms with van der Waals surface area (Å²) in [7, 11) is 0. The van der Waals surface area contributed by atoms with Crippen LogP contribution in [0.1, 0.15) is 10.6 Å². The van der Waals surface area contributed by atoms with Crippen molar-refractivity contribution in [1.82, 2.24) is 19.9 Å². The molecule has 2 aromatic rings. The highest BCUT2D eigenvalue weighted by molar-refractivity contribution is 5.90. The predicted molar refractivity (Wildman–Crippen MR) is 43.1 cm³/mol. The van der Waals surface area contributed by atoms with E-state index >= 15 is 0 Å². The molecular formula is C6H5N5O2. The first-order valence-corrected chi connectivity index (χ1v) is 3.38. The third-order valence-corrected chi connectivity index (χ3v) is 1.52. The maximum atomic E-state index is 10.5. The summed E-state index contributed by atoms with van der Waals surface area (Å²) >= 11 is 0. The molecule has 0 unspecified atom stereocenters. The number of nitrogens with one attached hydrogen (secondary N) is 1. The quantitative estimate of drug-likeness (QED) is 0.549. The SMILES string of the molecule is Nc1ncnc2nc(C(=O)O)[nH]c12. The van der Waals surface area contributed by atoms with E-state index in [9.17, 15) is 4.79 Å². The first-order valence-electron chi connectivity index (χ1n) is 3.38. The number of carboxylic acids is 1. The molecule has 0 saturated heterocycles. The Morgan fingerprint density at radius 1 is 1.54 bits per heavy atom. The minimum absolute atomic E-state index is 0.185. The normalized spacial score (nSPS) is 10.5. The zero-order valence-corrected chi connectivity index (χ0v) is 6.35. The number of H-pyrrole nitrogens is 1. The molecule has 0 bridgehead atoms. The van der Waals surface area contributed by atoms with Crippen LogP contribution >= 0.6 is 0 Å². The number of fused-ring (bicyclic) bond motifs is 1. The van der Waals surface area contributed by atoms with Crippen molar-refractivity contribution in [3.05, 3.63) is 12.2 Å². The number of rotatable bonds is 1. The maximum absolute atomic E-state index is 10.5. The standard InChI is InChI=1S/C6H5N5O2/c7-3-2-4(9-1-8-3)11-5(10-2)6(12)13/h1H,(H,12,13)(H3,7,8,9,10,11). The number of nitrogens with zero attached hydrogens (tertiary/aromatic N) is 3. The molecule has 0 radical (unpaired) electrons. The van der Waals surface area contributed by atoms with E-state index in [-0.39, 0.29) is 17.3 Å². The van der Waals surface area contributed by atoms with E-state index in [4.69, 9.17) is 10.8 Å². The van der Waals surface area contributed by atoms with Gasteiger partial charge in [-0.3, -0.25) is 0 Å². The van der Waals surface area contributed by atoms with Gasteiger partial charge in [-0.05, 0) is 0 Å². The largest absolute Gasteiger partial charge is 0.475 e. The van der Waals surface area contributed by atoms with Crippen LogP contribution in [-0.4, -0.2) is 31.0 Å². The van der Waals surface area contributed by atoms with E-state index in [0.29, 0.717) is 5.52 Å². The van der Waals surface area contributed by atoms with Gasteiger partial charge in [-0.25, -0.2) is 19.7 Å². The van der Waals surface area contributed by atoms with E-state index in [1.165, 1.54) is 6.33 Å². The molecule has 0 fully saturated rings. The van der Waals surface area contributed by atoms with Gasteiger partial charge in [-0.2, -0.15) is 0 Å². The molecule has 0 aromatic carbocycles. The summed E-state index contributed by atoms with van der Waals surface area (Å²) in [5.41, 5.74) is 6.06. The van der Waals surface area contributed by atoms with E-state index in [1.54, 1.807) is 0 Å². The van der Waals surface area contributed by atoms with Crippen molar-refractivity contribution in [1.29, 1.82) is 0 Å². The average Bonchev–Trinajstić information content (AvgIpc) is 2.49. The fourth-order valence-electron chi connectivity index (χ4n) is 0.948. The zero-order valence-electron chi connectivity index (χ0n) is 6.35. The number of aromatic carboxylic acids is 1. The number of imidazole rings is 1. The lowest BCUT2D eigenvalue weighted by Crippen LogP contribution is -1.98. The van der Waals surface area contributed by atoms with Crippen LogP contribution < -0.4 is 5.73 Å². The lowest BCUT2D eigenvalue weighted by molar-refractivity contribution is 0.0685. The van der Waals surface area contributed by atoms with Crippen molar-refractivity contribution in [3.63, 3.8) is 0 Å². The minimum atomic E-state index is -1.16. The average molecular weight is 179 g/mol. The van der Waals surface area contributed by atoms with E-state index in [0.717, 1.165) is 0 Å². The first kappa shape index (κ1) is 7.47. The second-order valence-electron chi connectivity index (χ2n) is 2.35. The van der Waals surface area contributed by atoms with Crippen LogP contribution in [0.2, 0.25) is 0 Å². The summed E-state index contributed by atoms with van der Waals surface area (Å²) in [4.78, 5) is 24.1. The molecule has 2 heterocycles. The Morgan fingerprint density at radius 2 is 2.31 bits per heavy atom. The van der Waals surface area contributed by atoms with Crippen LogP contribution in [0.5, 0.6) is 0 Å². The van der Waals surface area contributed by atoms with Crippen LogP contribution in [-0.2, 0) is 0 Å². The van der Waals surface area contributed by atoms with Crippen molar-refractivity contribution in [2.45, 2.75) is 0 Å². The van der Waals surface area contributed by atoms with Gasteiger partial charge in [0.05, 0.1) is 0 Å². The molecule has 7 heteroatoms. The molecule has 66 valence electrons. The van der Waals surface area contributed by atoms with Crippen LogP contribution in [0.25, 0.3) is 11.2 Å². The number of hydrogen-bond donors (Lipinski definition) is 3. The molecule has 0 saturated carbocycles. The van der Waals surface area contributed by atoms with Crippen LogP contribution in [0.4, 0.5) is 5.82 Å². The van der Waals surface area contributed by atoms with Crippen LogP contribution in [0.15, 0.2) is 6.33 Å². The van der Waals surface area contributed by atoms with E-state index in [2.05, 4.69) is 19.9 Å². The molecule has 7 nitrogen and oxygen atoms in total. The van der Waals surface area contributed by atoms with Gasteiger partial charge in [-0.15, -0.1) is 0 Å². The number of aromatic nitrogens is 4. The Balaban J connectivity index is 2.75. The second kappa shape index (κ2) is 2.41. The Hall–Kier alpha value is -2.18. The Morgan fingerprint density at radius 3 is 2.92 bits per heavy atom. The van der Waals surface area contributed by atoms with Gasteiger partial charge in [0.2, 0.25) is 5.82 Å². The molecule has 0 aliphatic carbocycles. The second-order valence-corrected chi connectivity index (χ2v) is 2.35. The summed E-state index contributed by atoms with van der Waals surface area (Å²) in [6, 6.07) is 0. The molecule has 4 N–H and O–H groups in total. The van der Waals surface area contributed by atoms with Gasteiger partial charge in [0.1, 0.15) is 11.8 Å². The van der Waals surface area contributed by atoms with Gasteiger partial charge >= 0.3 is 5.97 Å². The van der Waals surface area contributed by atoms with Gasteiger partial charge < -0.3 is 15.8 Å². The summed E-state index contributed by atoms with van der Waals surface area (Å²) in [6.07, 6.45) is 1.23. The minimum Gasteiger partial charge on any atom is -0.475 e. The van der Waals surface area contributed by atoms with Crippen LogP contribution in [0.3, 0.4) is 0 Å². The molecule has 13 heavy (non-hydrogen) atoms. The summed E-state index contributed by atoms with van der Waals surface area (Å²) < 4.78 is 0. The molecule has 0 atom stereocenters. The number of anilines is 1. The fourth-order valence-corrected chi connectivity index (χ4v) is 0.948. The van der Waals surface area contributed by atoms with E-state index in [1.807, 2.05) is 0 Å². The smallest absolute Gasteiger partial charge is 0.371 e. The zero-order chi connectivity index (χ0) is 9.42. The van der Waals surface area contributed by atoms with Crippen molar-refractivity contribution in [3.8, 4) is 0 Å². The molecule has 2 aromatic heterocycles. The number of nitrogens with two attached hydrogens (primary N) is 1.